The third-order valence-electron chi connectivity index (χ3n) is 6.00. The zero-order valence-electron chi connectivity index (χ0n) is 34.3. The monoisotopic (exact) mass is 781 g/mol. The number of guanidine groups is 2. The van der Waals surface area contributed by atoms with Crippen molar-refractivity contribution in [3.8, 4) is 28.7 Å². The zero-order valence-corrected chi connectivity index (χ0v) is 34.3. The largest absolute Gasteiger partial charge is 0.491 e. The molecule has 4 N–H and O–H groups in total. The molecule has 0 aliphatic carbocycles. The van der Waals surface area contributed by atoms with Gasteiger partial charge in [0.15, 0.2) is 0 Å². The Morgan fingerprint density at radius 1 is 0.554 bits per heavy atom. The molecule has 0 aliphatic heterocycles. The first-order valence-electron chi connectivity index (χ1n) is 17.8. The normalized spacial score (nSPS) is 11.4. The van der Waals surface area contributed by atoms with Crippen molar-refractivity contribution in [3.05, 3.63) is 48.0 Å². The minimum absolute atomic E-state index is 0.00737. The summed E-state index contributed by atoms with van der Waals surface area (Å²) in [5.41, 5.74) is -1.72. The predicted molar refractivity (Wildman–Crippen MR) is 210 cm³/mol. The van der Waals surface area contributed by atoms with Crippen molar-refractivity contribution in [2.24, 2.45) is 9.98 Å². The predicted octanol–water partition coefficient (Wildman–Crippen LogP) is 6.79. The molecule has 0 saturated carbocycles. The maximum Gasteiger partial charge on any atom is 0.414 e. The number of alkyl carbamates (subject to hydrolysis) is 4. The fourth-order valence-electron chi connectivity index (χ4n) is 4.20. The molecule has 0 aromatic heterocycles. The average molecular weight is 782 g/mol. The summed E-state index contributed by atoms with van der Waals surface area (Å²) in [4.78, 5) is 58.4. The van der Waals surface area contributed by atoms with Crippen LogP contribution in [0.5, 0.6) is 11.5 Å². The molecule has 2 aromatic carbocycles. The van der Waals surface area contributed by atoms with E-state index in [0.29, 0.717) is 28.2 Å². The number of hydrogen-bond donors (Lipinski definition) is 4. The summed E-state index contributed by atoms with van der Waals surface area (Å²) in [7, 11) is 0. The van der Waals surface area contributed by atoms with Gasteiger partial charge < -0.3 is 28.4 Å². The van der Waals surface area contributed by atoms with Gasteiger partial charge in [0.1, 0.15) is 47.1 Å². The molecule has 0 aliphatic rings. The fourth-order valence-corrected chi connectivity index (χ4v) is 4.20. The highest BCUT2D eigenvalue weighted by Gasteiger charge is 2.23. The highest BCUT2D eigenvalue weighted by Crippen LogP contribution is 2.37. The maximum atomic E-state index is 12.5. The quantitative estimate of drug-likeness (QED) is 0.0897. The van der Waals surface area contributed by atoms with Crippen LogP contribution in [0.1, 0.15) is 88.6 Å². The topological polar surface area (TPSA) is 220 Å². The van der Waals surface area contributed by atoms with Gasteiger partial charge in [0, 0.05) is 11.1 Å². The number of hydrogen-bond acceptors (Lipinski definition) is 13. The molecule has 0 atom stereocenters. The van der Waals surface area contributed by atoms with E-state index in [4.69, 9.17) is 28.4 Å². The first kappa shape index (κ1) is 46.1. The van der Waals surface area contributed by atoms with Gasteiger partial charge in [-0.25, -0.2) is 29.2 Å². The van der Waals surface area contributed by atoms with Crippen LogP contribution >= 0.6 is 0 Å². The third-order valence-corrected chi connectivity index (χ3v) is 6.00. The number of carbonyl (C=O) groups excluding carboxylic acids is 4. The van der Waals surface area contributed by atoms with Gasteiger partial charge >= 0.3 is 24.4 Å². The van der Waals surface area contributed by atoms with Gasteiger partial charge in [-0.3, -0.25) is 21.3 Å². The Kier molecular flexibility index (Phi) is 16.5. The fraction of sp³-hybridized carbons (Fsp3) is 0.513. The van der Waals surface area contributed by atoms with Gasteiger partial charge in [-0.05, 0) is 107 Å². The van der Waals surface area contributed by atoms with Gasteiger partial charge in [-0.1, -0.05) is 18.2 Å². The van der Waals surface area contributed by atoms with E-state index in [1.807, 2.05) is 0 Å². The second kappa shape index (κ2) is 20.0. The number of carbonyl (C=O) groups is 4. The van der Waals surface area contributed by atoms with Crippen LogP contribution in [0.15, 0.2) is 52.4 Å². The summed E-state index contributed by atoms with van der Waals surface area (Å²) in [6, 6.07) is 14.1. The Morgan fingerprint density at radius 2 is 0.911 bits per heavy atom. The molecule has 0 spiro atoms. The van der Waals surface area contributed by atoms with Crippen molar-refractivity contribution in [2.75, 3.05) is 26.3 Å². The summed E-state index contributed by atoms with van der Waals surface area (Å²) < 4.78 is 33.3. The highest BCUT2D eigenvalue weighted by atomic mass is 16.6. The van der Waals surface area contributed by atoms with Crippen molar-refractivity contribution in [2.45, 2.75) is 105 Å². The minimum atomic E-state index is -0.834. The average Bonchev–Trinajstić information content (AvgIpc) is 3.01. The lowest BCUT2D eigenvalue weighted by Crippen LogP contribution is -2.47. The van der Waals surface area contributed by atoms with Crippen molar-refractivity contribution < 1.29 is 47.6 Å². The van der Waals surface area contributed by atoms with E-state index >= 15 is 0 Å². The highest BCUT2D eigenvalue weighted by molar-refractivity contribution is 6.02. The number of aliphatic imine (C=N–C) groups is 2. The molecular weight excluding hydrogens is 726 g/mol. The van der Waals surface area contributed by atoms with Crippen molar-refractivity contribution in [1.29, 1.82) is 5.26 Å². The summed E-state index contributed by atoms with van der Waals surface area (Å²) in [6.45, 7) is 20.3. The Balaban J connectivity index is 2.28. The molecule has 0 unspecified atom stereocenters. The molecule has 4 amide bonds. The second-order valence-corrected chi connectivity index (χ2v) is 16.0. The van der Waals surface area contributed by atoms with Crippen LogP contribution < -0.4 is 30.7 Å². The van der Waals surface area contributed by atoms with E-state index in [1.54, 1.807) is 126 Å². The molecule has 0 saturated heterocycles. The molecule has 17 heteroatoms. The molecule has 306 valence electrons. The molecule has 2 rings (SSSR count). The summed E-state index contributed by atoms with van der Waals surface area (Å²) in [5, 5.41) is 19.4. The third kappa shape index (κ3) is 19.3. The van der Waals surface area contributed by atoms with Gasteiger partial charge in [0.05, 0.1) is 24.7 Å². The Labute approximate surface area is 328 Å². The Morgan fingerprint density at radius 3 is 1.27 bits per heavy atom. The second-order valence-electron chi connectivity index (χ2n) is 16.0. The molecule has 56 heavy (non-hydrogen) atoms. The van der Waals surface area contributed by atoms with Gasteiger partial charge in [-0.2, -0.15) is 5.26 Å². The van der Waals surface area contributed by atoms with E-state index in [0.717, 1.165) is 0 Å². The standard InChI is InChI=1S/C39H55N7O10/c1-36(2,3)53-32(47)43-30(44-33(48)54-37(4,5)6)41-19-21-51-28-16-14-13-15-26(28)27-23-25(24-40)17-18-29(27)52-22-20-42-31(45-34(49)55-38(7,8)9)46-35(50)56-39(10,11)12/h13-18,23H,19-22H2,1-12H3,(H2,41,43,44,47,48)(H2,42,45,46,49,50). The molecule has 0 radical (unpaired) electrons. The summed E-state index contributed by atoms with van der Waals surface area (Å²) in [5.74, 6) is 0.411. The lowest BCUT2D eigenvalue weighted by atomic mass is 10.0. The number of nitriles is 1. The molecular formula is C39H55N7O10. The van der Waals surface area contributed by atoms with Crippen molar-refractivity contribution in [3.63, 3.8) is 0 Å². The number of nitrogens with one attached hydrogen (secondary N) is 4. The van der Waals surface area contributed by atoms with E-state index in [1.165, 1.54) is 0 Å². The molecule has 0 bridgehead atoms. The van der Waals surface area contributed by atoms with Crippen LogP contribution in [0.4, 0.5) is 19.2 Å². The van der Waals surface area contributed by atoms with Crippen LogP contribution in [0.2, 0.25) is 0 Å². The minimum Gasteiger partial charge on any atom is -0.491 e. The number of amides is 4. The van der Waals surface area contributed by atoms with E-state index < -0.39 is 46.8 Å². The SMILES string of the molecule is CC(C)(C)OC(=O)NC(=NCCOc1ccccc1-c1cc(C#N)ccc1OCCN=C(NC(=O)OC(C)(C)C)NC(=O)OC(C)(C)C)NC(=O)OC(C)(C)C. The lowest BCUT2D eigenvalue weighted by molar-refractivity contribution is 0.0521. The van der Waals surface area contributed by atoms with Crippen LogP contribution in [-0.2, 0) is 18.9 Å². The van der Waals surface area contributed by atoms with E-state index in [-0.39, 0.29) is 38.2 Å². The lowest BCUT2D eigenvalue weighted by Gasteiger charge is -2.22. The van der Waals surface area contributed by atoms with Crippen molar-refractivity contribution in [1.82, 2.24) is 21.3 Å². The molecule has 0 fully saturated rings. The molecule has 2 aromatic rings. The van der Waals surface area contributed by atoms with Gasteiger partial charge in [0.25, 0.3) is 0 Å². The van der Waals surface area contributed by atoms with Crippen molar-refractivity contribution >= 4 is 36.3 Å². The first-order valence-corrected chi connectivity index (χ1v) is 17.8. The smallest absolute Gasteiger partial charge is 0.414 e. The van der Waals surface area contributed by atoms with E-state index in [9.17, 15) is 24.4 Å². The number of para-hydroxylation sites is 1. The number of nitrogens with zero attached hydrogens (tertiary/aromatic N) is 3. The van der Waals surface area contributed by atoms with Crippen LogP contribution in [-0.4, -0.2) is 85.0 Å². The Bertz CT molecular complexity index is 1730. The summed E-state index contributed by atoms with van der Waals surface area (Å²) in [6.07, 6.45) is -3.33. The maximum absolute atomic E-state index is 12.5. The summed E-state index contributed by atoms with van der Waals surface area (Å²) >= 11 is 0. The Hall–Kier alpha value is -6.05. The van der Waals surface area contributed by atoms with Crippen LogP contribution in [0.25, 0.3) is 11.1 Å². The number of rotatable bonds is 9. The van der Waals surface area contributed by atoms with E-state index in [2.05, 4.69) is 37.3 Å². The molecule has 0 heterocycles. The number of ether oxygens (including phenoxy) is 6. The van der Waals surface area contributed by atoms with Gasteiger partial charge in [0.2, 0.25) is 11.9 Å². The molecule has 17 nitrogen and oxygen atoms in total. The number of benzene rings is 2. The van der Waals surface area contributed by atoms with Gasteiger partial charge in [-0.15, -0.1) is 0 Å². The first-order chi connectivity index (χ1) is 25.8. The zero-order chi connectivity index (χ0) is 42.3. The van der Waals surface area contributed by atoms with Crippen LogP contribution in [0, 0.1) is 11.3 Å². The van der Waals surface area contributed by atoms with Crippen LogP contribution in [0.3, 0.4) is 0 Å².